The van der Waals surface area contributed by atoms with Crippen molar-refractivity contribution >= 4 is 5.57 Å². The summed E-state index contributed by atoms with van der Waals surface area (Å²) in [6.07, 6.45) is 5.34. The number of allylic oxidation sites excluding steroid dienone is 3. The van der Waals surface area contributed by atoms with E-state index in [1.54, 1.807) is 0 Å². The molecule has 0 bridgehead atoms. The summed E-state index contributed by atoms with van der Waals surface area (Å²) < 4.78 is 0. The number of nitrogens with one attached hydrogen (secondary N) is 1. The molecule has 0 radical (unpaired) electrons. The van der Waals surface area contributed by atoms with Gasteiger partial charge in [-0.3, -0.25) is 0 Å². The Kier molecular flexibility index (Phi) is 5.39. The summed E-state index contributed by atoms with van der Waals surface area (Å²) in [6.45, 7) is 4.34. The van der Waals surface area contributed by atoms with E-state index >= 15 is 0 Å². The van der Waals surface area contributed by atoms with Crippen molar-refractivity contribution in [2.75, 3.05) is 7.05 Å². The highest BCUT2D eigenvalue weighted by Crippen LogP contribution is 2.22. The van der Waals surface area contributed by atoms with Gasteiger partial charge in [0, 0.05) is 13.2 Å². The van der Waals surface area contributed by atoms with Gasteiger partial charge >= 0.3 is 0 Å². The van der Waals surface area contributed by atoms with Crippen molar-refractivity contribution in [2.45, 2.75) is 20.3 Å². The second-order valence-electron chi connectivity index (χ2n) is 5.23. The van der Waals surface area contributed by atoms with Gasteiger partial charge in [0.25, 0.3) is 0 Å². The minimum absolute atomic E-state index is 0.965. The molecule has 108 valence electrons. The Hall–Kier alpha value is -2.28. The summed E-state index contributed by atoms with van der Waals surface area (Å²) in [5, 5.41) is 3.15. The van der Waals surface area contributed by atoms with Crippen molar-refractivity contribution in [3.63, 3.8) is 0 Å². The average molecular weight is 277 g/mol. The molecule has 2 rings (SSSR count). The molecule has 1 N–H and O–H groups in total. The number of aryl methyl sites for hydroxylation is 1. The molecule has 1 nitrogen and oxygen atoms in total. The van der Waals surface area contributed by atoms with Gasteiger partial charge in [0.05, 0.1) is 0 Å². The second kappa shape index (κ2) is 7.49. The van der Waals surface area contributed by atoms with Crippen molar-refractivity contribution in [2.24, 2.45) is 0 Å². The van der Waals surface area contributed by atoms with E-state index < -0.39 is 0 Å². The second-order valence-corrected chi connectivity index (χ2v) is 5.23. The third-order valence-corrected chi connectivity index (χ3v) is 3.69. The molecular weight excluding hydrogens is 254 g/mol. The molecule has 0 amide bonds. The first-order valence-corrected chi connectivity index (χ1v) is 7.37. The molecule has 0 aliphatic carbocycles. The van der Waals surface area contributed by atoms with E-state index in [4.69, 9.17) is 0 Å². The van der Waals surface area contributed by atoms with Crippen LogP contribution in [0.1, 0.15) is 23.6 Å². The Morgan fingerprint density at radius 3 is 2.33 bits per heavy atom. The van der Waals surface area contributed by atoms with Gasteiger partial charge < -0.3 is 5.32 Å². The molecule has 0 unspecified atom stereocenters. The Morgan fingerprint density at radius 1 is 1.00 bits per heavy atom. The summed E-state index contributed by atoms with van der Waals surface area (Å²) in [5.41, 5.74) is 6.50. The Morgan fingerprint density at radius 2 is 1.67 bits per heavy atom. The van der Waals surface area contributed by atoms with Crippen LogP contribution < -0.4 is 5.32 Å². The van der Waals surface area contributed by atoms with Crippen molar-refractivity contribution < 1.29 is 0 Å². The van der Waals surface area contributed by atoms with E-state index in [9.17, 15) is 0 Å². The topological polar surface area (TPSA) is 12.0 Å². The molecular formula is C20H23N. The number of hydrogen-bond acceptors (Lipinski definition) is 1. The summed E-state index contributed by atoms with van der Waals surface area (Å²) in [6, 6.07) is 19.1. The fourth-order valence-electron chi connectivity index (χ4n) is 2.40. The molecule has 0 aromatic heterocycles. The van der Waals surface area contributed by atoms with Crippen molar-refractivity contribution in [1.82, 2.24) is 5.32 Å². The lowest BCUT2D eigenvalue weighted by molar-refractivity contribution is 1.10. The predicted octanol–water partition coefficient (Wildman–Crippen LogP) is 4.74. The first kappa shape index (κ1) is 15.1. The van der Waals surface area contributed by atoms with Crippen LogP contribution in [0.5, 0.6) is 0 Å². The molecule has 0 fully saturated rings. The van der Waals surface area contributed by atoms with Gasteiger partial charge in [0.2, 0.25) is 0 Å². The lowest BCUT2D eigenvalue weighted by Crippen LogP contribution is -1.98. The van der Waals surface area contributed by atoms with Crippen LogP contribution in [0.15, 0.2) is 72.4 Å². The van der Waals surface area contributed by atoms with Crippen LogP contribution in [-0.2, 0) is 6.42 Å². The van der Waals surface area contributed by atoms with Gasteiger partial charge in [0.15, 0.2) is 0 Å². The van der Waals surface area contributed by atoms with E-state index in [1.807, 2.05) is 13.1 Å². The smallest absolute Gasteiger partial charge is 0.00438 e. The minimum Gasteiger partial charge on any atom is -0.393 e. The van der Waals surface area contributed by atoms with Crippen molar-refractivity contribution in [3.8, 4) is 0 Å². The normalized spacial score (nSPS) is 12.3. The Labute approximate surface area is 128 Å². The third-order valence-electron chi connectivity index (χ3n) is 3.69. The molecule has 21 heavy (non-hydrogen) atoms. The zero-order valence-electron chi connectivity index (χ0n) is 13.1. The zero-order valence-corrected chi connectivity index (χ0v) is 13.1. The highest BCUT2D eigenvalue weighted by Gasteiger charge is 2.03. The van der Waals surface area contributed by atoms with Crippen LogP contribution >= 0.6 is 0 Å². The quantitative estimate of drug-likeness (QED) is 0.778. The predicted molar refractivity (Wildman–Crippen MR) is 92.1 cm³/mol. The fourth-order valence-corrected chi connectivity index (χ4v) is 2.40. The maximum atomic E-state index is 3.15. The lowest BCUT2D eigenvalue weighted by atomic mass is 9.97. The molecule has 0 saturated carbocycles. The van der Waals surface area contributed by atoms with E-state index in [-0.39, 0.29) is 0 Å². The van der Waals surface area contributed by atoms with Gasteiger partial charge in [-0.1, -0.05) is 60.7 Å². The van der Waals surface area contributed by atoms with E-state index in [1.165, 1.54) is 27.8 Å². The molecule has 2 aromatic rings. The highest BCUT2D eigenvalue weighted by molar-refractivity contribution is 5.78. The van der Waals surface area contributed by atoms with Crippen LogP contribution in [0.3, 0.4) is 0 Å². The number of rotatable bonds is 5. The summed E-state index contributed by atoms with van der Waals surface area (Å²) in [4.78, 5) is 0. The number of benzene rings is 2. The van der Waals surface area contributed by atoms with Crippen molar-refractivity contribution in [1.29, 1.82) is 0 Å². The lowest BCUT2D eigenvalue weighted by Gasteiger charge is -2.10. The molecule has 0 aliphatic heterocycles. The van der Waals surface area contributed by atoms with Gasteiger partial charge in [0.1, 0.15) is 0 Å². The largest absolute Gasteiger partial charge is 0.393 e. The maximum Gasteiger partial charge on any atom is 0.00438 e. The van der Waals surface area contributed by atoms with E-state index in [0.717, 1.165) is 6.42 Å². The average Bonchev–Trinajstić information content (AvgIpc) is 2.52. The third kappa shape index (κ3) is 4.09. The van der Waals surface area contributed by atoms with Gasteiger partial charge in [-0.25, -0.2) is 0 Å². The molecule has 1 heteroatoms. The molecule has 0 saturated heterocycles. The molecule has 2 aromatic carbocycles. The number of hydrogen-bond donors (Lipinski definition) is 1. The maximum absolute atomic E-state index is 3.15. The van der Waals surface area contributed by atoms with Gasteiger partial charge in [-0.15, -0.1) is 0 Å². The van der Waals surface area contributed by atoms with Crippen LogP contribution in [0.4, 0.5) is 0 Å². The van der Waals surface area contributed by atoms with Crippen molar-refractivity contribution in [3.05, 3.63) is 89.1 Å². The summed E-state index contributed by atoms with van der Waals surface area (Å²) in [5.74, 6) is 0. The molecule has 0 atom stereocenters. The van der Waals surface area contributed by atoms with E-state index in [2.05, 4.69) is 80.0 Å². The molecule has 0 aliphatic rings. The molecule has 0 spiro atoms. The Bertz CT molecular complexity index is 636. The minimum atomic E-state index is 0.965. The van der Waals surface area contributed by atoms with Crippen LogP contribution in [0, 0.1) is 6.92 Å². The monoisotopic (exact) mass is 277 g/mol. The summed E-state index contributed by atoms with van der Waals surface area (Å²) >= 11 is 0. The van der Waals surface area contributed by atoms with Crippen LogP contribution in [0.2, 0.25) is 0 Å². The molecule has 0 heterocycles. The van der Waals surface area contributed by atoms with Crippen LogP contribution in [0.25, 0.3) is 5.57 Å². The van der Waals surface area contributed by atoms with Gasteiger partial charge in [-0.05, 0) is 48.1 Å². The standard InChI is InChI=1S/C20H23N/c1-16-9-7-8-10-18(16)14-13-17(2)20(15-21-3)19-11-5-4-6-12-19/h4-13,15,21H,14H2,1-3H3/b17-13-,20-15+. The Balaban J connectivity index is 2.23. The summed E-state index contributed by atoms with van der Waals surface area (Å²) in [7, 11) is 1.94. The van der Waals surface area contributed by atoms with E-state index in [0.29, 0.717) is 0 Å². The first-order chi connectivity index (χ1) is 10.2. The first-order valence-electron chi connectivity index (χ1n) is 7.37. The van der Waals surface area contributed by atoms with Crippen LogP contribution in [-0.4, -0.2) is 7.05 Å². The SMILES string of the molecule is CN/C=C(\C(C)=C/Cc1ccccc1C)c1ccccc1. The fraction of sp³-hybridized carbons (Fsp3) is 0.200. The van der Waals surface area contributed by atoms with Gasteiger partial charge in [-0.2, -0.15) is 0 Å². The highest BCUT2D eigenvalue weighted by atomic mass is 14.8. The zero-order chi connectivity index (χ0) is 15.1.